The Bertz CT molecular complexity index is 1290. The molecule has 1 aromatic carbocycles. The molecular formula is C24H32Cl2N4O4S3. The van der Waals surface area contributed by atoms with E-state index < -0.39 is 10.0 Å². The van der Waals surface area contributed by atoms with Crippen LogP contribution in [0.2, 0.25) is 5.02 Å². The van der Waals surface area contributed by atoms with E-state index in [1.165, 1.54) is 27.0 Å². The van der Waals surface area contributed by atoms with E-state index in [4.69, 9.17) is 21.3 Å². The number of halogens is 2. The van der Waals surface area contributed by atoms with Gasteiger partial charge in [-0.25, -0.2) is 13.4 Å². The third-order valence-electron chi connectivity index (χ3n) is 6.59. The summed E-state index contributed by atoms with van der Waals surface area (Å²) in [5.74, 6) is 0.311. The number of hydrogen-bond acceptors (Lipinski definition) is 8. The predicted molar refractivity (Wildman–Crippen MR) is 154 cm³/mol. The van der Waals surface area contributed by atoms with Crippen molar-refractivity contribution in [3.8, 4) is 5.75 Å². The number of piperidine rings is 1. The summed E-state index contributed by atoms with van der Waals surface area (Å²) in [6, 6.07) is 6.91. The number of carbonyl (C=O) groups excluding carboxylic acids is 1. The molecule has 3 aromatic rings. The number of thiophene rings is 1. The third kappa shape index (κ3) is 6.41. The maximum atomic E-state index is 13.8. The van der Waals surface area contributed by atoms with Crippen LogP contribution in [0.25, 0.3) is 10.2 Å². The minimum atomic E-state index is -3.52. The molecule has 1 aliphatic rings. The Labute approximate surface area is 237 Å². The molecule has 3 heterocycles. The van der Waals surface area contributed by atoms with Crippen molar-refractivity contribution < 1.29 is 17.9 Å². The van der Waals surface area contributed by atoms with E-state index in [9.17, 15) is 13.2 Å². The topological polar surface area (TPSA) is 83.0 Å². The summed E-state index contributed by atoms with van der Waals surface area (Å²) in [6.45, 7) is 7.82. The zero-order valence-corrected chi connectivity index (χ0v) is 25.1. The summed E-state index contributed by atoms with van der Waals surface area (Å²) in [5.41, 5.74) is 0.641. The number of fused-ring (bicyclic) bond motifs is 1. The highest BCUT2D eigenvalue weighted by Crippen LogP contribution is 2.39. The minimum absolute atomic E-state index is 0. The molecule has 0 saturated carbocycles. The number of anilines is 1. The number of nitrogens with zero attached hydrogens (tertiary/aromatic N) is 4. The van der Waals surface area contributed by atoms with Crippen LogP contribution in [0.15, 0.2) is 33.9 Å². The molecule has 13 heteroatoms. The fourth-order valence-electron chi connectivity index (χ4n) is 4.40. The number of benzene rings is 1. The van der Waals surface area contributed by atoms with Crippen molar-refractivity contribution in [3.05, 3.63) is 34.7 Å². The molecule has 1 fully saturated rings. The summed E-state index contributed by atoms with van der Waals surface area (Å²) in [6.07, 6.45) is 0.945. The molecule has 0 aliphatic carbocycles. The lowest BCUT2D eigenvalue weighted by Gasteiger charge is -2.33. The second kappa shape index (κ2) is 13.1. The predicted octanol–water partition coefficient (Wildman–Crippen LogP) is 5.22. The normalized spacial score (nSPS) is 15.2. The van der Waals surface area contributed by atoms with Gasteiger partial charge in [-0.2, -0.15) is 4.31 Å². The van der Waals surface area contributed by atoms with Crippen LogP contribution in [-0.2, 0) is 14.8 Å². The summed E-state index contributed by atoms with van der Waals surface area (Å²) >= 11 is 9.04. The van der Waals surface area contributed by atoms with Crippen LogP contribution in [0.4, 0.5) is 5.13 Å². The number of rotatable bonds is 10. The van der Waals surface area contributed by atoms with E-state index in [0.29, 0.717) is 64.7 Å². The Morgan fingerprint density at radius 3 is 2.49 bits per heavy atom. The van der Waals surface area contributed by atoms with Gasteiger partial charge in [-0.15, -0.1) is 23.7 Å². The number of amides is 1. The Balaban J connectivity index is 0.00000380. The number of carbonyl (C=O) groups is 1. The number of likely N-dealkylation sites (N-methyl/N-ethyl adjacent to an activating group) is 1. The highest BCUT2D eigenvalue weighted by Gasteiger charge is 2.35. The Hall–Kier alpha value is -1.47. The van der Waals surface area contributed by atoms with Crippen molar-refractivity contribution >= 4 is 78.0 Å². The van der Waals surface area contributed by atoms with Crippen LogP contribution in [0.1, 0.15) is 26.7 Å². The average molecular weight is 608 g/mol. The highest BCUT2D eigenvalue weighted by atomic mass is 35.5. The lowest BCUT2D eigenvalue weighted by atomic mass is 9.96. The number of ether oxygens (including phenoxy) is 1. The van der Waals surface area contributed by atoms with Crippen LogP contribution in [0.5, 0.6) is 5.75 Å². The molecule has 1 amide bonds. The van der Waals surface area contributed by atoms with Crippen molar-refractivity contribution in [2.24, 2.45) is 5.92 Å². The van der Waals surface area contributed by atoms with Crippen molar-refractivity contribution in [2.75, 3.05) is 51.3 Å². The lowest BCUT2D eigenvalue weighted by Crippen LogP contribution is -2.46. The van der Waals surface area contributed by atoms with Gasteiger partial charge < -0.3 is 9.64 Å². The molecule has 0 spiro atoms. The molecule has 0 atom stereocenters. The summed E-state index contributed by atoms with van der Waals surface area (Å²) < 4.78 is 33.9. The number of aromatic nitrogens is 1. The molecule has 0 radical (unpaired) electrons. The van der Waals surface area contributed by atoms with Crippen LogP contribution in [0, 0.1) is 5.92 Å². The molecule has 2 aromatic heterocycles. The minimum Gasteiger partial charge on any atom is -0.494 e. The second-order valence-corrected chi connectivity index (χ2v) is 13.0. The van der Waals surface area contributed by atoms with Gasteiger partial charge in [-0.1, -0.05) is 42.9 Å². The van der Waals surface area contributed by atoms with Gasteiger partial charge in [-0.05, 0) is 49.5 Å². The number of methoxy groups -OCH3 is 1. The third-order valence-corrected chi connectivity index (χ3v) is 11.4. The lowest BCUT2D eigenvalue weighted by molar-refractivity contribution is -0.123. The largest absolute Gasteiger partial charge is 0.494 e. The smallest absolute Gasteiger partial charge is 0.252 e. The molecular weight excluding hydrogens is 575 g/mol. The molecule has 0 N–H and O–H groups in total. The first-order chi connectivity index (χ1) is 17.3. The van der Waals surface area contributed by atoms with Crippen LogP contribution >= 0.6 is 46.7 Å². The second-order valence-electron chi connectivity index (χ2n) is 8.55. The first kappa shape index (κ1) is 30.1. The first-order valence-electron chi connectivity index (χ1n) is 12.0. The van der Waals surface area contributed by atoms with Crippen molar-refractivity contribution in [3.63, 3.8) is 0 Å². The molecule has 0 unspecified atom stereocenters. The van der Waals surface area contributed by atoms with Crippen molar-refractivity contribution in [1.82, 2.24) is 14.2 Å². The van der Waals surface area contributed by atoms with E-state index in [1.54, 1.807) is 41.7 Å². The van der Waals surface area contributed by atoms with Gasteiger partial charge in [-0.3, -0.25) is 9.69 Å². The fourth-order valence-corrected chi connectivity index (χ4v) is 8.31. The van der Waals surface area contributed by atoms with E-state index >= 15 is 0 Å². The van der Waals surface area contributed by atoms with Crippen molar-refractivity contribution in [1.29, 1.82) is 0 Å². The monoisotopic (exact) mass is 606 g/mol. The van der Waals surface area contributed by atoms with Gasteiger partial charge >= 0.3 is 0 Å². The quantitative estimate of drug-likeness (QED) is 0.315. The summed E-state index contributed by atoms with van der Waals surface area (Å²) in [4.78, 5) is 22.6. The maximum absolute atomic E-state index is 13.8. The highest BCUT2D eigenvalue weighted by molar-refractivity contribution is 7.91. The van der Waals surface area contributed by atoms with Crippen LogP contribution < -0.4 is 9.64 Å². The number of thiazole rings is 1. The zero-order chi connectivity index (χ0) is 25.9. The fraction of sp³-hybridized carbons (Fsp3) is 0.500. The number of sulfonamides is 1. The van der Waals surface area contributed by atoms with Gasteiger partial charge in [0.05, 0.1) is 16.8 Å². The Morgan fingerprint density at radius 1 is 1.19 bits per heavy atom. The molecule has 4 rings (SSSR count). The van der Waals surface area contributed by atoms with Gasteiger partial charge in [0, 0.05) is 32.1 Å². The summed E-state index contributed by atoms with van der Waals surface area (Å²) in [5, 5.41) is 2.91. The molecule has 37 heavy (non-hydrogen) atoms. The molecule has 1 aliphatic heterocycles. The number of hydrogen-bond donors (Lipinski definition) is 0. The summed E-state index contributed by atoms with van der Waals surface area (Å²) in [7, 11) is -1.93. The zero-order valence-electron chi connectivity index (χ0n) is 21.1. The van der Waals surface area contributed by atoms with E-state index in [1.807, 2.05) is 0 Å². The van der Waals surface area contributed by atoms with Crippen LogP contribution in [0.3, 0.4) is 0 Å². The SMILES string of the molecule is CCN(CC)CCN(C(=O)C1CCN(S(=O)(=O)c2cccs2)CC1)c1nc2c(OC)ccc(Cl)c2s1.Cl. The van der Waals surface area contributed by atoms with Crippen LogP contribution in [-0.4, -0.2) is 74.9 Å². The standard InChI is InChI=1S/C24H31ClN4O4S3.ClH/c1-4-27(5-2)14-15-29(24-26-21-19(33-3)9-8-18(25)22(21)35-24)23(30)17-10-12-28(13-11-17)36(31,32)20-7-6-16-34-20;/h6-9,16-17H,4-5,10-15H2,1-3H3;1H. The van der Waals surface area contributed by atoms with Gasteiger partial charge in [0.2, 0.25) is 5.91 Å². The Kier molecular flexibility index (Phi) is 10.6. The van der Waals surface area contributed by atoms with E-state index in [2.05, 4.69) is 18.7 Å². The average Bonchev–Trinajstić information content (AvgIpc) is 3.59. The molecule has 0 bridgehead atoms. The van der Waals surface area contributed by atoms with E-state index in [0.717, 1.165) is 17.8 Å². The molecule has 1 saturated heterocycles. The van der Waals surface area contributed by atoms with Crippen molar-refractivity contribution in [2.45, 2.75) is 30.9 Å². The van der Waals surface area contributed by atoms with Gasteiger partial charge in [0.15, 0.2) is 5.13 Å². The van der Waals surface area contributed by atoms with Gasteiger partial charge in [0.1, 0.15) is 15.5 Å². The van der Waals surface area contributed by atoms with E-state index in [-0.39, 0.29) is 24.2 Å². The Morgan fingerprint density at radius 2 is 1.89 bits per heavy atom. The maximum Gasteiger partial charge on any atom is 0.252 e. The first-order valence-corrected chi connectivity index (χ1v) is 15.5. The molecule has 204 valence electrons. The van der Waals surface area contributed by atoms with Gasteiger partial charge in [0.25, 0.3) is 10.0 Å². The molecule has 8 nitrogen and oxygen atoms in total.